The number of rotatable bonds is 12. The lowest BCUT2D eigenvalue weighted by Gasteiger charge is -2.48. The lowest BCUT2D eigenvalue weighted by Crippen LogP contribution is -2.67. The van der Waals surface area contributed by atoms with Crippen LogP contribution in [0.3, 0.4) is 0 Å². The highest BCUT2D eigenvalue weighted by Crippen LogP contribution is 2.47. The highest BCUT2D eigenvalue weighted by molar-refractivity contribution is 7.47. The van der Waals surface area contributed by atoms with Crippen molar-refractivity contribution in [1.82, 2.24) is 0 Å². The molecule has 49 heavy (non-hydrogen) atoms. The molecule has 16 N–H and O–H groups in total. The zero-order chi connectivity index (χ0) is 36.5. The van der Waals surface area contributed by atoms with Gasteiger partial charge in [-0.05, 0) is 0 Å². The molecule has 4 aliphatic heterocycles. The van der Waals surface area contributed by atoms with Crippen molar-refractivity contribution in [2.45, 2.75) is 123 Å². The molecule has 4 aliphatic rings. The molecule has 4 fully saturated rings. The van der Waals surface area contributed by atoms with Crippen molar-refractivity contribution in [1.29, 1.82) is 0 Å². The van der Waals surface area contributed by atoms with Crippen molar-refractivity contribution in [2.75, 3.05) is 26.4 Å². The van der Waals surface area contributed by atoms with Crippen LogP contribution in [0.5, 0.6) is 0 Å². The number of aliphatic hydroxyl groups is 13. The molecule has 2 unspecified atom stereocenters. The second-order valence-corrected chi connectivity index (χ2v) is 13.2. The van der Waals surface area contributed by atoms with Gasteiger partial charge in [-0.15, -0.1) is 0 Å². The van der Waals surface area contributed by atoms with Crippen molar-refractivity contribution in [2.24, 2.45) is 5.73 Å². The monoisotopic (exact) mass is 745 g/mol. The van der Waals surface area contributed by atoms with E-state index in [0.717, 1.165) is 0 Å². The molecule has 0 saturated carbocycles. The molecule has 4 rings (SSSR count). The highest BCUT2D eigenvalue weighted by Gasteiger charge is 2.54. The standard InChI is InChI=1S/C24H44NO23P/c25-9-13(32)19(7(3-28)42-21(9)38)46-23-18(37)20(12(31)6(2-27)43-23)47-22-16(35)15(34)11(30)8(45-22)4-41-49(39,40)48-24-17(36)14(33)10(29)5(1-26)44-24/h5-24,26-38H,1-4,25H2,(H,39,40)/t5-,6-,7-,8-,9-,10-,11-,12-,13-,14+,15+,16+,17-,18+,19-,20+,21?,22-,23-,24-/m1/s1. The van der Waals surface area contributed by atoms with Gasteiger partial charge in [0.15, 0.2) is 25.2 Å². The predicted molar refractivity (Wildman–Crippen MR) is 147 cm³/mol. The van der Waals surface area contributed by atoms with Gasteiger partial charge in [-0.3, -0.25) is 9.05 Å². The fourth-order valence-electron chi connectivity index (χ4n) is 5.56. The van der Waals surface area contributed by atoms with Crippen LogP contribution in [-0.2, 0) is 42.0 Å². The Hall–Kier alpha value is -0.690. The molecule has 0 bridgehead atoms. The summed E-state index contributed by atoms with van der Waals surface area (Å²) in [6, 6.07) is -1.44. The van der Waals surface area contributed by atoms with Crippen LogP contribution in [0.2, 0.25) is 0 Å². The van der Waals surface area contributed by atoms with Crippen LogP contribution in [-0.4, -0.2) is 220 Å². The van der Waals surface area contributed by atoms with Gasteiger partial charge >= 0.3 is 7.82 Å². The number of phosphoric acid groups is 1. The minimum absolute atomic E-state index is 0.805. The van der Waals surface area contributed by atoms with Crippen molar-refractivity contribution < 1.29 is 113 Å². The molecule has 0 aromatic rings. The summed E-state index contributed by atoms with van der Waals surface area (Å²) in [6.45, 7) is -3.70. The Balaban J connectivity index is 1.44. The van der Waals surface area contributed by atoms with Crippen LogP contribution in [0.25, 0.3) is 0 Å². The molecular formula is C24H44NO23P. The summed E-state index contributed by atoms with van der Waals surface area (Å²) in [5.41, 5.74) is 5.69. The van der Waals surface area contributed by atoms with E-state index < -0.39 is 157 Å². The number of hydrogen-bond acceptors (Lipinski definition) is 23. The SMILES string of the molecule is N[C@H]1C(O)O[C@H](CO)[C@@H](O[C@H]2O[C@H](CO)[C@@H](O)[C@H](O[C@H]3O[C@H](COP(=O)(O)O[C@H]4O[C@H](CO)[C@@H](O)[C@H](O)[C@H]4O)[C@@H](O)[C@H](O)[C@@H]3O)[C@@H]2O)[C@@H]1O. The fourth-order valence-corrected chi connectivity index (χ4v) is 6.39. The average molecular weight is 746 g/mol. The van der Waals surface area contributed by atoms with Gasteiger partial charge in [0.1, 0.15) is 91.6 Å². The van der Waals surface area contributed by atoms with E-state index in [2.05, 4.69) is 0 Å². The van der Waals surface area contributed by atoms with Gasteiger partial charge in [-0.25, -0.2) is 4.57 Å². The first kappa shape index (κ1) is 41.1. The lowest BCUT2D eigenvalue weighted by atomic mass is 9.95. The Morgan fingerprint density at radius 1 is 0.531 bits per heavy atom. The Kier molecular flexibility index (Phi) is 14.2. The Bertz CT molecular complexity index is 1090. The summed E-state index contributed by atoms with van der Waals surface area (Å²) in [7, 11) is -5.29. The largest absolute Gasteiger partial charge is 0.474 e. The Morgan fingerprint density at radius 3 is 1.59 bits per heavy atom. The van der Waals surface area contributed by atoms with Crippen LogP contribution in [0.1, 0.15) is 0 Å². The van der Waals surface area contributed by atoms with Crippen molar-refractivity contribution in [3.63, 3.8) is 0 Å². The minimum atomic E-state index is -5.29. The van der Waals surface area contributed by atoms with E-state index in [4.69, 9.17) is 43.2 Å². The number of ether oxygens (including phenoxy) is 6. The minimum Gasteiger partial charge on any atom is -0.394 e. The van der Waals surface area contributed by atoms with Crippen molar-refractivity contribution >= 4 is 7.82 Å². The zero-order valence-corrected chi connectivity index (χ0v) is 26.2. The number of aliphatic hydroxyl groups excluding tert-OH is 13. The summed E-state index contributed by atoms with van der Waals surface area (Å²) in [6.07, 6.45) is -35.2. The van der Waals surface area contributed by atoms with Crippen LogP contribution in [0.4, 0.5) is 0 Å². The maximum absolute atomic E-state index is 12.6. The number of hydrogen-bond donors (Lipinski definition) is 15. The third kappa shape index (κ3) is 8.93. The summed E-state index contributed by atoms with van der Waals surface area (Å²) in [5.74, 6) is 0. The first-order valence-electron chi connectivity index (χ1n) is 14.9. The molecule has 0 aliphatic carbocycles. The van der Waals surface area contributed by atoms with E-state index in [9.17, 15) is 75.8 Å². The van der Waals surface area contributed by atoms with E-state index >= 15 is 0 Å². The molecule has 24 nitrogen and oxygen atoms in total. The van der Waals surface area contributed by atoms with Gasteiger partial charge in [-0.1, -0.05) is 0 Å². The third-order valence-electron chi connectivity index (χ3n) is 8.48. The van der Waals surface area contributed by atoms with E-state index in [1.807, 2.05) is 0 Å². The summed E-state index contributed by atoms with van der Waals surface area (Å²) >= 11 is 0. The Morgan fingerprint density at radius 2 is 1.00 bits per heavy atom. The predicted octanol–water partition coefficient (Wildman–Crippen LogP) is -9.67. The van der Waals surface area contributed by atoms with Gasteiger partial charge < -0.3 is 105 Å². The maximum Gasteiger partial charge on any atom is 0.474 e. The summed E-state index contributed by atoms with van der Waals surface area (Å²) in [5, 5.41) is 132. The molecule has 0 spiro atoms. The number of phosphoric ester groups is 1. The molecule has 0 radical (unpaired) electrons. The molecule has 4 heterocycles. The third-order valence-corrected chi connectivity index (χ3v) is 9.43. The average Bonchev–Trinajstić information content (AvgIpc) is 3.07. The van der Waals surface area contributed by atoms with E-state index in [1.165, 1.54) is 0 Å². The smallest absolute Gasteiger partial charge is 0.394 e. The summed E-state index contributed by atoms with van der Waals surface area (Å²) < 4.78 is 54.1. The molecule has 0 aromatic carbocycles. The van der Waals surface area contributed by atoms with E-state index in [0.29, 0.717) is 0 Å². The Labute approximate surface area is 276 Å². The topological polar surface area (TPSA) is 400 Å². The molecule has 4 saturated heterocycles. The first-order chi connectivity index (χ1) is 23.0. The van der Waals surface area contributed by atoms with Gasteiger partial charge in [0, 0.05) is 0 Å². The quantitative estimate of drug-likeness (QED) is 0.0824. The maximum atomic E-state index is 12.6. The zero-order valence-electron chi connectivity index (χ0n) is 25.3. The second kappa shape index (κ2) is 17.0. The molecule has 21 atom stereocenters. The molecule has 0 aromatic heterocycles. The van der Waals surface area contributed by atoms with Crippen LogP contribution < -0.4 is 5.73 Å². The fraction of sp³-hybridized carbons (Fsp3) is 1.00. The second-order valence-electron chi connectivity index (χ2n) is 11.8. The molecule has 288 valence electrons. The molecular weight excluding hydrogens is 701 g/mol. The van der Waals surface area contributed by atoms with Crippen LogP contribution >= 0.6 is 7.82 Å². The highest BCUT2D eigenvalue weighted by atomic mass is 31.2. The summed E-state index contributed by atoms with van der Waals surface area (Å²) in [4.78, 5) is 10.2. The van der Waals surface area contributed by atoms with Gasteiger partial charge in [-0.2, -0.15) is 0 Å². The normalized spacial score (nSPS) is 50.9. The molecule has 25 heteroatoms. The van der Waals surface area contributed by atoms with Crippen LogP contribution in [0, 0.1) is 0 Å². The first-order valence-corrected chi connectivity index (χ1v) is 16.4. The van der Waals surface area contributed by atoms with Crippen LogP contribution in [0.15, 0.2) is 0 Å². The molecule has 0 amide bonds. The number of nitrogens with two attached hydrogens (primary N) is 1. The lowest BCUT2D eigenvalue weighted by molar-refractivity contribution is -0.374. The van der Waals surface area contributed by atoms with Gasteiger partial charge in [0.05, 0.1) is 32.5 Å². The van der Waals surface area contributed by atoms with Crippen molar-refractivity contribution in [3.05, 3.63) is 0 Å². The van der Waals surface area contributed by atoms with E-state index in [1.54, 1.807) is 0 Å². The van der Waals surface area contributed by atoms with E-state index in [-0.39, 0.29) is 0 Å². The van der Waals surface area contributed by atoms with Crippen molar-refractivity contribution in [3.8, 4) is 0 Å². The van der Waals surface area contributed by atoms with Gasteiger partial charge in [0.2, 0.25) is 0 Å². The van der Waals surface area contributed by atoms with Gasteiger partial charge in [0.25, 0.3) is 0 Å².